The number of carbonyl (C=O) groups excluding carboxylic acids is 1. The Hall–Kier alpha value is -1.46. The van der Waals surface area contributed by atoms with E-state index in [0.29, 0.717) is 28.6 Å². The molecule has 0 unspecified atom stereocenters. The van der Waals surface area contributed by atoms with E-state index in [-0.39, 0.29) is 18.2 Å². The van der Waals surface area contributed by atoms with E-state index in [1.807, 2.05) is 0 Å². The van der Waals surface area contributed by atoms with Gasteiger partial charge in [-0.25, -0.2) is 0 Å². The van der Waals surface area contributed by atoms with Crippen molar-refractivity contribution in [1.29, 1.82) is 0 Å². The highest BCUT2D eigenvalue weighted by Gasteiger charge is 2.29. The first kappa shape index (κ1) is 16.4. The largest absolute Gasteiger partial charge is 0.454 e. The molecule has 3 rings (SSSR count). The van der Waals surface area contributed by atoms with Crippen molar-refractivity contribution in [2.24, 2.45) is 0 Å². The molecule has 0 spiro atoms. The van der Waals surface area contributed by atoms with Crippen molar-refractivity contribution in [3.63, 3.8) is 0 Å². The van der Waals surface area contributed by atoms with Crippen molar-refractivity contribution in [1.82, 2.24) is 10.2 Å². The number of carbonyl (C=O) groups is 1. The summed E-state index contributed by atoms with van der Waals surface area (Å²) in [5.41, 5.74) is 0.435. The van der Waals surface area contributed by atoms with E-state index in [1.54, 1.807) is 12.1 Å². The van der Waals surface area contributed by atoms with Crippen LogP contribution in [-0.4, -0.2) is 42.8 Å². The number of hydrogen-bond acceptors (Lipinski definition) is 4. The Bertz CT molecular complexity index is 598. The number of halogens is 1. The normalized spacial score (nSPS) is 18.0. The van der Waals surface area contributed by atoms with Crippen LogP contribution in [0.1, 0.15) is 43.5 Å². The fourth-order valence-electron chi connectivity index (χ4n) is 3.11. The zero-order valence-corrected chi connectivity index (χ0v) is 14.4. The fraction of sp³-hybridized carbons (Fsp3) is 0.588. The van der Waals surface area contributed by atoms with Gasteiger partial charge in [0.1, 0.15) is 0 Å². The minimum absolute atomic E-state index is 0.0593. The Morgan fingerprint density at radius 3 is 2.74 bits per heavy atom. The molecule has 0 atom stereocenters. The lowest BCUT2D eigenvalue weighted by Crippen LogP contribution is -2.53. The van der Waals surface area contributed by atoms with E-state index in [0.717, 1.165) is 13.1 Å². The first-order valence-corrected chi connectivity index (χ1v) is 8.47. The molecule has 0 bridgehead atoms. The molecule has 0 radical (unpaired) electrons. The quantitative estimate of drug-likeness (QED) is 0.916. The zero-order valence-electron chi connectivity index (χ0n) is 13.7. The molecule has 1 saturated heterocycles. The molecule has 2 aliphatic heterocycles. The van der Waals surface area contributed by atoms with Crippen molar-refractivity contribution in [2.75, 3.05) is 26.4 Å². The van der Waals surface area contributed by atoms with E-state index >= 15 is 0 Å². The highest BCUT2D eigenvalue weighted by Crippen LogP contribution is 2.39. The van der Waals surface area contributed by atoms with Crippen LogP contribution in [0.4, 0.5) is 0 Å². The molecular formula is C17H23ClN2O3. The van der Waals surface area contributed by atoms with Crippen LogP contribution >= 0.6 is 11.6 Å². The first-order valence-electron chi connectivity index (χ1n) is 8.10. The summed E-state index contributed by atoms with van der Waals surface area (Å²) in [5, 5.41) is 3.42. The second-order valence-electron chi connectivity index (χ2n) is 6.73. The molecule has 1 N–H and O–H groups in total. The minimum atomic E-state index is -0.143. The van der Waals surface area contributed by atoms with Crippen LogP contribution in [0.5, 0.6) is 11.5 Å². The predicted octanol–water partition coefficient (Wildman–Crippen LogP) is 3.06. The first-order chi connectivity index (χ1) is 11.0. The van der Waals surface area contributed by atoms with Crippen LogP contribution in [0.15, 0.2) is 12.1 Å². The molecule has 6 heteroatoms. The zero-order chi connectivity index (χ0) is 16.4. The SMILES string of the molecule is CC(C)(CNC(=O)c1cc(Cl)c2c(c1)OCO2)N1CCCCC1. The molecular weight excluding hydrogens is 316 g/mol. The second kappa shape index (κ2) is 6.57. The lowest BCUT2D eigenvalue weighted by molar-refractivity contribution is 0.0797. The summed E-state index contributed by atoms with van der Waals surface area (Å²) in [5.74, 6) is 0.894. The number of likely N-dealkylation sites (tertiary alicyclic amines) is 1. The molecule has 0 saturated carbocycles. The molecule has 23 heavy (non-hydrogen) atoms. The number of nitrogens with one attached hydrogen (secondary N) is 1. The smallest absolute Gasteiger partial charge is 0.251 e. The molecule has 2 aliphatic rings. The number of hydrogen-bond donors (Lipinski definition) is 1. The van der Waals surface area contributed by atoms with Gasteiger partial charge in [0.25, 0.3) is 5.91 Å². The van der Waals surface area contributed by atoms with Gasteiger partial charge in [-0.3, -0.25) is 9.69 Å². The molecule has 5 nitrogen and oxygen atoms in total. The second-order valence-corrected chi connectivity index (χ2v) is 7.14. The van der Waals surface area contributed by atoms with Gasteiger partial charge in [0.15, 0.2) is 11.5 Å². The highest BCUT2D eigenvalue weighted by molar-refractivity contribution is 6.32. The lowest BCUT2D eigenvalue weighted by Gasteiger charge is -2.41. The number of piperidine rings is 1. The summed E-state index contributed by atoms with van der Waals surface area (Å²) >= 11 is 6.14. The van der Waals surface area contributed by atoms with Gasteiger partial charge < -0.3 is 14.8 Å². The van der Waals surface area contributed by atoms with Gasteiger partial charge in [-0.15, -0.1) is 0 Å². The van der Waals surface area contributed by atoms with Crippen LogP contribution < -0.4 is 14.8 Å². The van der Waals surface area contributed by atoms with Crippen LogP contribution in [0.3, 0.4) is 0 Å². The van der Waals surface area contributed by atoms with E-state index < -0.39 is 0 Å². The Labute approximate surface area is 141 Å². The van der Waals surface area contributed by atoms with Crippen LogP contribution in [0.2, 0.25) is 5.02 Å². The van der Waals surface area contributed by atoms with E-state index in [2.05, 4.69) is 24.1 Å². The third-order valence-electron chi connectivity index (χ3n) is 4.58. The van der Waals surface area contributed by atoms with Gasteiger partial charge >= 0.3 is 0 Å². The molecule has 2 heterocycles. The van der Waals surface area contributed by atoms with Gasteiger partial charge in [0.05, 0.1) is 5.02 Å². The third-order valence-corrected chi connectivity index (χ3v) is 4.86. The van der Waals surface area contributed by atoms with Gasteiger partial charge in [-0.05, 0) is 51.9 Å². The van der Waals surface area contributed by atoms with Gasteiger partial charge in [0, 0.05) is 17.6 Å². The molecule has 1 aromatic carbocycles. The molecule has 1 aromatic rings. The van der Waals surface area contributed by atoms with Crippen molar-refractivity contribution in [3.05, 3.63) is 22.7 Å². The van der Waals surface area contributed by atoms with E-state index in [1.165, 1.54) is 19.3 Å². The van der Waals surface area contributed by atoms with Crippen molar-refractivity contribution < 1.29 is 14.3 Å². The van der Waals surface area contributed by atoms with Crippen molar-refractivity contribution in [2.45, 2.75) is 38.6 Å². The summed E-state index contributed by atoms with van der Waals surface area (Å²) in [6.07, 6.45) is 3.76. The lowest BCUT2D eigenvalue weighted by atomic mass is 9.98. The van der Waals surface area contributed by atoms with Crippen LogP contribution in [0, 0.1) is 0 Å². The molecule has 126 valence electrons. The number of rotatable bonds is 4. The topological polar surface area (TPSA) is 50.8 Å². The Kier molecular flexibility index (Phi) is 4.69. The van der Waals surface area contributed by atoms with Gasteiger partial charge in [-0.1, -0.05) is 18.0 Å². The van der Waals surface area contributed by atoms with E-state index in [4.69, 9.17) is 21.1 Å². The molecule has 1 amide bonds. The van der Waals surface area contributed by atoms with Gasteiger partial charge in [0.2, 0.25) is 6.79 Å². The monoisotopic (exact) mass is 338 g/mol. The number of fused-ring (bicyclic) bond motifs is 1. The number of nitrogens with zero attached hydrogens (tertiary/aromatic N) is 1. The highest BCUT2D eigenvalue weighted by atomic mass is 35.5. The summed E-state index contributed by atoms with van der Waals surface area (Å²) in [7, 11) is 0. The fourth-order valence-corrected chi connectivity index (χ4v) is 3.37. The summed E-state index contributed by atoms with van der Waals surface area (Å²) in [6.45, 7) is 7.27. The maximum Gasteiger partial charge on any atom is 0.251 e. The Morgan fingerprint density at radius 1 is 1.26 bits per heavy atom. The maximum absolute atomic E-state index is 12.4. The Balaban J connectivity index is 1.64. The van der Waals surface area contributed by atoms with E-state index in [9.17, 15) is 4.79 Å². The number of amides is 1. The maximum atomic E-state index is 12.4. The van der Waals surface area contributed by atoms with Crippen LogP contribution in [0.25, 0.3) is 0 Å². The third kappa shape index (κ3) is 3.56. The van der Waals surface area contributed by atoms with Crippen molar-refractivity contribution >= 4 is 17.5 Å². The summed E-state index contributed by atoms with van der Waals surface area (Å²) in [6, 6.07) is 3.30. The molecule has 0 aromatic heterocycles. The number of benzene rings is 1. The average Bonchev–Trinajstić information content (AvgIpc) is 3.02. The predicted molar refractivity (Wildman–Crippen MR) is 89.4 cm³/mol. The summed E-state index contributed by atoms with van der Waals surface area (Å²) < 4.78 is 10.6. The van der Waals surface area contributed by atoms with Crippen LogP contribution in [-0.2, 0) is 0 Å². The van der Waals surface area contributed by atoms with Gasteiger partial charge in [-0.2, -0.15) is 0 Å². The standard InChI is InChI=1S/C17H23ClN2O3/c1-17(2,20-6-4-3-5-7-20)10-19-16(21)12-8-13(18)15-14(9-12)22-11-23-15/h8-9H,3-7,10-11H2,1-2H3,(H,19,21). The Morgan fingerprint density at radius 2 is 2.00 bits per heavy atom. The van der Waals surface area contributed by atoms with Crippen molar-refractivity contribution in [3.8, 4) is 11.5 Å². The summed E-state index contributed by atoms with van der Waals surface area (Å²) in [4.78, 5) is 14.9. The number of ether oxygens (including phenoxy) is 2. The minimum Gasteiger partial charge on any atom is -0.454 e. The molecule has 0 aliphatic carbocycles. The average molecular weight is 339 g/mol. The molecule has 1 fully saturated rings.